The lowest BCUT2D eigenvalue weighted by molar-refractivity contribution is 0.0745. The van der Waals surface area contributed by atoms with Gasteiger partial charge in [-0.15, -0.1) is 0 Å². The minimum absolute atomic E-state index is 0.00671. The molecule has 0 bridgehead atoms. The smallest absolute Gasteiger partial charge is 0.254 e. The molecule has 1 aromatic rings. The highest BCUT2D eigenvalue weighted by atomic mass is 16.2. The molecule has 18 heavy (non-hydrogen) atoms. The predicted octanol–water partition coefficient (Wildman–Crippen LogP) is 2.99. The molecule has 0 saturated carbocycles. The van der Waals surface area contributed by atoms with Gasteiger partial charge in [-0.1, -0.05) is 17.7 Å². The maximum Gasteiger partial charge on any atom is 0.254 e. The second-order valence-corrected chi connectivity index (χ2v) is 4.90. The lowest BCUT2D eigenvalue weighted by Crippen LogP contribution is -2.35. The number of hydrogen-bond acceptors (Lipinski definition) is 2. The number of rotatable bonds is 3. The van der Waals surface area contributed by atoms with Crippen LogP contribution in [0.3, 0.4) is 0 Å². The maximum atomic E-state index is 12.4. The molecule has 3 nitrogen and oxygen atoms in total. The summed E-state index contributed by atoms with van der Waals surface area (Å²) in [5.41, 5.74) is 3.91. The third-order valence-electron chi connectivity index (χ3n) is 3.26. The van der Waals surface area contributed by atoms with Crippen LogP contribution in [0, 0.1) is 32.1 Å². The van der Waals surface area contributed by atoms with Crippen LogP contribution in [-0.2, 0) is 0 Å². The van der Waals surface area contributed by atoms with Crippen LogP contribution >= 0.6 is 0 Å². The van der Waals surface area contributed by atoms with E-state index in [0.717, 1.165) is 22.3 Å². The Hall–Kier alpha value is -1.82. The molecule has 1 atom stereocenters. The molecule has 0 N–H and O–H groups in total. The van der Waals surface area contributed by atoms with Gasteiger partial charge in [0.05, 0.1) is 12.5 Å². The number of carbonyl (C=O) groups excluding carboxylic acids is 1. The van der Waals surface area contributed by atoms with Crippen molar-refractivity contribution in [1.29, 1.82) is 5.26 Å². The van der Waals surface area contributed by atoms with E-state index in [-0.39, 0.29) is 11.9 Å². The summed E-state index contributed by atoms with van der Waals surface area (Å²) in [6, 6.07) is 6.07. The van der Waals surface area contributed by atoms with E-state index in [2.05, 4.69) is 6.07 Å². The van der Waals surface area contributed by atoms with Gasteiger partial charge in [-0.25, -0.2) is 0 Å². The molecule has 0 spiro atoms. The van der Waals surface area contributed by atoms with Crippen LogP contribution in [-0.4, -0.2) is 23.9 Å². The zero-order chi connectivity index (χ0) is 13.9. The van der Waals surface area contributed by atoms with E-state index in [1.54, 1.807) is 11.9 Å². The van der Waals surface area contributed by atoms with Crippen molar-refractivity contribution in [2.24, 2.45) is 0 Å². The fourth-order valence-corrected chi connectivity index (χ4v) is 2.16. The van der Waals surface area contributed by atoms with Crippen LogP contribution in [0.25, 0.3) is 0 Å². The third-order valence-corrected chi connectivity index (χ3v) is 3.26. The van der Waals surface area contributed by atoms with Crippen molar-refractivity contribution in [2.75, 3.05) is 7.05 Å². The minimum atomic E-state index is -0.0670. The van der Waals surface area contributed by atoms with Gasteiger partial charge in [0.1, 0.15) is 0 Å². The highest BCUT2D eigenvalue weighted by molar-refractivity contribution is 5.97. The van der Waals surface area contributed by atoms with Gasteiger partial charge < -0.3 is 4.90 Å². The summed E-state index contributed by atoms with van der Waals surface area (Å²) >= 11 is 0. The number of nitriles is 1. The van der Waals surface area contributed by atoms with Crippen LogP contribution in [0.2, 0.25) is 0 Å². The molecule has 3 heteroatoms. The SMILES string of the molecule is Cc1cc(C)c(C(=O)N(C)C(C)CC#N)c(C)c1. The first-order valence-electron chi connectivity index (χ1n) is 6.10. The highest BCUT2D eigenvalue weighted by Crippen LogP contribution is 2.19. The van der Waals surface area contributed by atoms with Gasteiger partial charge in [0.15, 0.2) is 0 Å². The van der Waals surface area contributed by atoms with Gasteiger partial charge in [-0.2, -0.15) is 5.26 Å². The molecule has 0 radical (unpaired) electrons. The minimum Gasteiger partial charge on any atom is -0.338 e. The van der Waals surface area contributed by atoms with Gasteiger partial charge in [-0.3, -0.25) is 4.79 Å². The van der Waals surface area contributed by atoms with E-state index < -0.39 is 0 Å². The van der Waals surface area contributed by atoms with Gasteiger partial charge in [-0.05, 0) is 38.8 Å². The van der Waals surface area contributed by atoms with E-state index in [9.17, 15) is 4.79 Å². The molecule has 1 rings (SSSR count). The van der Waals surface area contributed by atoms with E-state index >= 15 is 0 Å². The highest BCUT2D eigenvalue weighted by Gasteiger charge is 2.20. The molecule has 1 aromatic carbocycles. The fraction of sp³-hybridized carbons (Fsp3) is 0.467. The molecule has 0 aliphatic rings. The first-order chi connectivity index (χ1) is 8.38. The summed E-state index contributed by atoms with van der Waals surface area (Å²) in [5.74, 6) is -0.00671. The largest absolute Gasteiger partial charge is 0.338 e. The number of nitrogens with zero attached hydrogens (tertiary/aromatic N) is 2. The monoisotopic (exact) mass is 244 g/mol. The Morgan fingerprint density at radius 3 is 2.28 bits per heavy atom. The molecule has 0 aromatic heterocycles. The Bertz CT molecular complexity index is 477. The number of hydrogen-bond donors (Lipinski definition) is 0. The van der Waals surface area contributed by atoms with Gasteiger partial charge >= 0.3 is 0 Å². The standard InChI is InChI=1S/C15H20N2O/c1-10-8-11(2)14(12(3)9-10)15(18)17(5)13(4)6-7-16/h8-9,13H,6H2,1-5H3. The Kier molecular flexibility index (Phi) is 4.49. The third kappa shape index (κ3) is 2.89. The Morgan fingerprint density at radius 1 is 1.33 bits per heavy atom. The normalized spacial score (nSPS) is 11.8. The molecule has 0 fully saturated rings. The van der Waals surface area contributed by atoms with Crippen LogP contribution in [0.5, 0.6) is 0 Å². The summed E-state index contributed by atoms with van der Waals surface area (Å²) in [6.45, 7) is 7.82. The van der Waals surface area contributed by atoms with E-state index in [4.69, 9.17) is 5.26 Å². The summed E-state index contributed by atoms with van der Waals surface area (Å²) in [4.78, 5) is 14.1. The van der Waals surface area contributed by atoms with Crippen molar-refractivity contribution in [3.05, 3.63) is 34.4 Å². The zero-order valence-electron chi connectivity index (χ0n) is 11.7. The van der Waals surface area contributed by atoms with Crippen LogP contribution < -0.4 is 0 Å². The molecule has 0 saturated heterocycles. The van der Waals surface area contributed by atoms with Gasteiger partial charge in [0.2, 0.25) is 0 Å². The maximum absolute atomic E-state index is 12.4. The first-order valence-corrected chi connectivity index (χ1v) is 6.10. The van der Waals surface area contributed by atoms with Crippen molar-refractivity contribution in [3.8, 4) is 6.07 Å². The Morgan fingerprint density at radius 2 is 1.83 bits per heavy atom. The van der Waals surface area contributed by atoms with Crippen molar-refractivity contribution in [3.63, 3.8) is 0 Å². The number of carbonyl (C=O) groups is 1. The summed E-state index contributed by atoms with van der Waals surface area (Å²) in [7, 11) is 1.75. The lowest BCUT2D eigenvalue weighted by atomic mass is 9.98. The zero-order valence-corrected chi connectivity index (χ0v) is 11.7. The average molecular weight is 244 g/mol. The van der Waals surface area contributed by atoms with Gasteiger partial charge in [0.25, 0.3) is 5.91 Å². The van der Waals surface area contributed by atoms with Gasteiger partial charge in [0, 0.05) is 18.7 Å². The predicted molar refractivity (Wildman–Crippen MR) is 72.4 cm³/mol. The van der Waals surface area contributed by atoms with Crippen LogP contribution in [0.4, 0.5) is 0 Å². The molecule has 0 aliphatic carbocycles. The molecule has 96 valence electrons. The quantitative estimate of drug-likeness (QED) is 0.820. The summed E-state index contributed by atoms with van der Waals surface area (Å²) in [5, 5.41) is 8.70. The lowest BCUT2D eigenvalue weighted by Gasteiger charge is -2.24. The number of aryl methyl sites for hydroxylation is 3. The molecule has 0 heterocycles. The summed E-state index contributed by atoms with van der Waals surface area (Å²) in [6.07, 6.45) is 0.353. The second kappa shape index (κ2) is 5.68. The van der Waals surface area contributed by atoms with Crippen LogP contribution in [0.1, 0.15) is 40.4 Å². The summed E-state index contributed by atoms with van der Waals surface area (Å²) < 4.78 is 0. The van der Waals surface area contributed by atoms with E-state index in [1.165, 1.54) is 0 Å². The van der Waals surface area contributed by atoms with Crippen molar-refractivity contribution < 1.29 is 4.79 Å². The van der Waals surface area contributed by atoms with E-state index in [0.29, 0.717) is 6.42 Å². The topological polar surface area (TPSA) is 44.1 Å². The Balaban J connectivity index is 3.09. The fourth-order valence-electron chi connectivity index (χ4n) is 2.16. The molecule has 1 unspecified atom stereocenters. The second-order valence-electron chi connectivity index (χ2n) is 4.90. The molecular formula is C15H20N2O. The Labute approximate surface area is 109 Å². The molecule has 0 aliphatic heterocycles. The average Bonchev–Trinajstić information content (AvgIpc) is 2.26. The molecular weight excluding hydrogens is 224 g/mol. The van der Waals surface area contributed by atoms with Crippen molar-refractivity contribution in [2.45, 2.75) is 40.2 Å². The first kappa shape index (κ1) is 14.2. The van der Waals surface area contributed by atoms with Crippen molar-refractivity contribution >= 4 is 5.91 Å². The van der Waals surface area contributed by atoms with E-state index in [1.807, 2.05) is 39.8 Å². The number of benzene rings is 1. The number of amides is 1. The molecule has 1 amide bonds. The van der Waals surface area contributed by atoms with Crippen LogP contribution in [0.15, 0.2) is 12.1 Å². The van der Waals surface area contributed by atoms with Crippen molar-refractivity contribution in [1.82, 2.24) is 4.90 Å².